The van der Waals surface area contributed by atoms with Gasteiger partial charge in [0.15, 0.2) is 0 Å². The summed E-state index contributed by atoms with van der Waals surface area (Å²) in [5, 5.41) is 12.8. The summed E-state index contributed by atoms with van der Waals surface area (Å²) in [6, 6.07) is 17.4. The number of aliphatic hydroxyl groups is 1. The first-order valence-corrected chi connectivity index (χ1v) is 12.5. The van der Waals surface area contributed by atoms with Gasteiger partial charge in [-0.2, -0.15) is 0 Å². The summed E-state index contributed by atoms with van der Waals surface area (Å²) in [6.07, 6.45) is 0.152. The normalized spacial score (nSPS) is 16.5. The first-order chi connectivity index (χ1) is 16.4. The van der Waals surface area contributed by atoms with Gasteiger partial charge in [0.2, 0.25) is 5.91 Å². The van der Waals surface area contributed by atoms with E-state index in [0.717, 1.165) is 17.5 Å². The molecule has 0 spiro atoms. The standard InChI is InChI=1S/C27H31FN2O3S/c1-19(2)29(16-25(31)20-6-4-3-5-7-20)17-27(32)30-14-12-26-23(13-15-34-26)24(30)18-33-22-10-8-21(28)9-11-22/h3-11,13,15,19,24-25,31H,12,14,16-18H2,1-2H3. The molecule has 5 nitrogen and oxygen atoms in total. The Morgan fingerprint density at radius 2 is 1.91 bits per heavy atom. The van der Waals surface area contributed by atoms with Crippen LogP contribution in [0.2, 0.25) is 0 Å². The third-order valence-electron chi connectivity index (χ3n) is 6.30. The Morgan fingerprint density at radius 3 is 2.62 bits per heavy atom. The first-order valence-electron chi connectivity index (χ1n) is 11.6. The van der Waals surface area contributed by atoms with Gasteiger partial charge < -0.3 is 14.7 Å². The summed E-state index contributed by atoms with van der Waals surface area (Å²) in [5.41, 5.74) is 1.96. The predicted molar refractivity (Wildman–Crippen MR) is 132 cm³/mol. The van der Waals surface area contributed by atoms with Gasteiger partial charge in [-0.1, -0.05) is 30.3 Å². The summed E-state index contributed by atoms with van der Waals surface area (Å²) in [7, 11) is 0. The number of halogens is 1. The molecule has 0 aliphatic carbocycles. The van der Waals surface area contributed by atoms with E-state index in [-0.39, 0.29) is 30.4 Å². The van der Waals surface area contributed by atoms with E-state index in [9.17, 15) is 14.3 Å². The fourth-order valence-electron chi connectivity index (χ4n) is 4.31. The van der Waals surface area contributed by atoms with Gasteiger partial charge in [-0.15, -0.1) is 11.3 Å². The maximum atomic E-state index is 13.5. The second-order valence-corrected chi connectivity index (χ2v) is 9.87. The second kappa shape index (κ2) is 11.1. The van der Waals surface area contributed by atoms with Crippen molar-refractivity contribution in [2.45, 2.75) is 38.5 Å². The van der Waals surface area contributed by atoms with Crippen molar-refractivity contribution >= 4 is 17.2 Å². The first kappa shape index (κ1) is 24.4. The third-order valence-corrected chi connectivity index (χ3v) is 7.29. The van der Waals surface area contributed by atoms with Gasteiger partial charge >= 0.3 is 0 Å². The van der Waals surface area contributed by atoms with E-state index in [1.54, 1.807) is 23.5 Å². The van der Waals surface area contributed by atoms with Crippen molar-refractivity contribution in [1.82, 2.24) is 9.80 Å². The lowest BCUT2D eigenvalue weighted by atomic mass is 10.00. The molecule has 2 unspecified atom stereocenters. The molecule has 34 heavy (non-hydrogen) atoms. The number of fused-ring (bicyclic) bond motifs is 1. The number of hydrogen-bond donors (Lipinski definition) is 1. The summed E-state index contributed by atoms with van der Waals surface area (Å²) in [5.74, 6) is 0.276. The van der Waals surface area contributed by atoms with E-state index in [1.807, 2.05) is 54.0 Å². The number of ether oxygens (including phenoxy) is 1. The second-order valence-electron chi connectivity index (χ2n) is 8.87. The molecule has 2 atom stereocenters. The number of hydrogen-bond acceptors (Lipinski definition) is 5. The Labute approximate surface area is 204 Å². The number of carbonyl (C=O) groups excluding carboxylic acids is 1. The zero-order chi connectivity index (χ0) is 24.1. The molecular formula is C27H31FN2O3S. The maximum absolute atomic E-state index is 13.5. The van der Waals surface area contributed by atoms with E-state index in [4.69, 9.17) is 4.74 Å². The highest BCUT2D eigenvalue weighted by Crippen LogP contribution is 2.34. The number of aliphatic hydroxyl groups excluding tert-OH is 1. The Bertz CT molecular complexity index is 1070. The van der Waals surface area contributed by atoms with Crippen molar-refractivity contribution in [3.63, 3.8) is 0 Å². The van der Waals surface area contributed by atoms with Gasteiger partial charge in [0.05, 0.1) is 18.7 Å². The minimum Gasteiger partial charge on any atom is -0.491 e. The molecule has 0 bridgehead atoms. The Hall–Kier alpha value is -2.74. The van der Waals surface area contributed by atoms with Crippen LogP contribution in [0.25, 0.3) is 0 Å². The lowest BCUT2D eigenvalue weighted by Crippen LogP contribution is -2.48. The fraction of sp³-hybridized carbons (Fsp3) is 0.370. The van der Waals surface area contributed by atoms with Crippen LogP contribution in [0.15, 0.2) is 66.0 Å². The zero-order valence-corrected chi connectivity index (χ0v) is 20.4. The van der Waals surface area contributed by atoms with Crippen LogP contribution in [0.1, 0.15) is 42.0 Å². The Balaban J connectivity index is 1.47. The van der Waals surface area contributed by atoms with Crippen molar-refractivity contribution in [3.8, 4) is 5.75 Å². The zero-order valence-electron chi connectivity index (χ0n) is 19.6. The highest BCUT2D eigenvalue weighted by molar-refractivity contribution is 7.10. The van der Waals surface area contributed by atoms with Gasteiger partial charge in [0, 0.05) is 24.0 Å². The average Bonchev–Trinajstić information content (AvgIpc) is 3.32. The molecule has 3 aromatic rings. The molecule has 1 aliphatic heterocycles. The van der Waals surface area contributed by atoms with Crippen molar-refractivity contribution in [1.29, 1.82) is 0 Å². The highest BCUT2D eigenvalue weighted by atomic mass is 32.1. The van der Waals surface area contributed by atoms with E-state index < -0.39 is 6.10 Å². The number of rotatable bonds is 9. The summed E-state index contributed by atoms with van der Waals surface area (Å²) >= 11 is 1.70. The van der Waals surface area contributed by atoms with Crippen LogP contribution >= 0.6 is 11.3 Å². The van der Waals surface area contributed by atoms with Crippen LogP contribution in [0.4, 0.5) is 4.39 Å². The molecule has 7 heteroatoms. The third kappa shape index (κ3) is 5.84. The molecule has 0 saturated carbocycles. The van der Waals surface area contributed by atoms with E-state index in [1.165, 1.54) is 17.0 Å². The predicted octanol–water partition coefficient (Wildman–Crippen LogP) is 4.84. The molecule has 0 radical (unpaired) electrons. The number of thiophene rings is 1. The minimum absolute atomic E-state index is 0.0125. The summed E-state index contributed by atoms with van der Waals surface area (Å²) in [6.45, 7) is 5.59. The molecule has 0 saturated heterocycles. The quantitative estimate of drug-likeness (QED) is 0.474. The number of carbonyl (C=O) groups is 1. The molecular weight excluding hydrogens is 451 g/mol. The van der Waals surface area contributed by atoms with Gasteiger partial charge in [0.1, 0.15) is 18.2 Å². The largest absolute Gasteiger partial charge is 0.491 e. The van der Waals surface area contributed by atoms with Crippen LogP contribution in [-0.2, 0) is 11.2 Å². The van der Waals surface area contributed by atoms with Gasteiger partial charge in [-0.05, 0) is 67.1 Å². The molecule has 1 amide bonds. The SMILES string of the molecule is CC(C)N(CC(=O)N1CCc2sccc2C1COc1ccc(F)cc1)CC(O)c1ccccc1. The molecule has 1 N–H and O–H groups in total. The van der Waals surface area contributed by atoms with Crippen LogP contribution in [0.3, 0.4) is 0 Å². The maximum Gasteiger partial charge on any atom is 0.237 e. The van der Waals surface area contributed by atoms with Gasteiger partial charge in [0.25, 0.3) is 0 Å². The van der Waals surface area contributed by atoms with E-state index in [2.05, 4.69) is 11.4 Å². The van der Waals surface area contributed by atoms with Crippen molar-refractivity contribution < 1.29 is 19.0 Å². The van der Waals surface area contributed by atoms with Crippen LogP contribution in [0, 0.1) is 5.82 Å². The fourth-order valence-corrected chi connectivity index (χ4v) is 5.23. The van der Waals surface area contributed by atoms with E-state index in [0.29, 0.717) is 25.4 Å². The molecule has 2 aromatic carbocycles. The topological polar surface area (TPSA) is 53.0 Å². The lowest BCUT2D eigenvalue weighted by molar-refractivity contribution is -0.137. The molecule has 180 valence electrons. The van der Waals surface area contributed by atoms with Gasteiger partial charge in [-0.25, -0.2) is 4.39 Å². The molecule has 1 aromatic heterocycles. The monoisotopic (exact) mass is 482 g/mol. The average molecular weight is 483 g/mol. The summed E-state index contributed by atoms with van der Waals surface area (Å²) in [4.78, 5) is 18.7. The molecule has 1 aliphatic rings. The number of nitrogens with zero attached hydrogens (tertiary/aromatic N) is 2. The highest BCUT2D eigenvalue weighted by Gasteiger charge is 2.33. The smallest absolute Gasteiger partial charge is 0.237 e. The molecule has 2 heterocycles. The Morgan fingerprint density at radius 1 is 1.18 bits per heavy atom. The Kier molecular flexibility index (Phi) is 7.98. The van der Waals surface area contributed by atoms with Crippen LogP contribution in [-0.4, -0.2) is 53.1 Å². The van der Waals surface area contributed by atoms with Crippen molar-refractivity contribution in [2.24, 2.45) is 0 Å². The van der Waals surface area contributed by atoms with Crippen LogP contribution < -0.4 is 4.74 Å². The van der Waals surface area contributed by atoms with Gasteiger partial charge in [-0.3, -0.25) is 9.69 Å². The van der Waals surface area contributed by atoms with Crippen molar-refractivity contribution in [2.75, 3.05) is 26.2 Å². The summed E-state index contributed by atoms with van der Waals surface area (Å²) < 4.78 is 19.2. The van der Waals surface area contributed by atoms with Crippen LogP contribution in [0.5, 0.6) is 5.75 Å². The number of amides is 1. The molecule has 4 rings (SSSR count). The van der Waals surface area contributed by atoms with E-state index >= 15 is 0 Å². The minimum atomic E-state index is -0.668. The van der Waals surface area contributed by atoms with Crippen molar-refractivity contribution in [3.05, 3.63) is 87.9 Å². The number of benzene rings is 2. The molecule has 0 fully saturated rings. The lowest BCUT2D eigenvalue weighted by Gasteiger charge is -2.38.